The van der Waals surface area contributed by atoms with Crippen LogP contribution in [0.25, 0.3) is 0 Å². The van der Waals surface area contributed by atoms with Gasteiger partial charge < -0.3 is 4.90 Å². The molecule has 0 spiro atoms. The number of benzene rings is 2. The Morgan fingerprint density at radius 1 is 0.821 bits per heavy atom. The van der Waals surface area contributed by atoms with Crippen LogP contribution in [-0.2, 0) is 21.7 Å². The van der Waals surface area contributed by atoms with E-state index in [9.17, 15) is 0 Å². The normalized spacial score (nSPS) is 12.8. The van der Waals surface area contributed by atoms with E-state index in [1.165, 1.54) is 45.4 Å². The van der Waals surface area contributed by atoms with Crippen molar-refractivity contribution in [3.63, 3.8) is 0 Å². The van der Waals surface area contributed by atoms with Gasteiger partial charge in [-0.15, -0.1) is 0 Å². The summed E-state index contributed by atoms with van der Waals surface area (Å²) in [4.78, 5) is 6.52. The topological polar surface area (TPSA) is 15.6 Å². The van der Waals surface area contributed by atoms with Gasteiger partial charge in [0.05, 0.1) is 6.34 Å². The predicted molar refractivity (Wildman–Crippen MR) is 121 cm³/mol. The van der Waals surface area contributed by atoms with Crippen molar-refractivity contribution in [2.75, 3.05) is 13.1 Å². The monoisotopic (exact) mass is 508 g/mol. The molecule has 0 saturated carbocycles. The van der Waals surface area contributed by atoms with Crippen LogP contribution in [0, 0.1) is 41.5 Å². The van der Waals surface area contributed by atoms with Gasteiger partial charge in [-0.05, 0) is 86.9 Å². The van der Waals surface area contributed by atoms with Crippen molar-refractivity contribution in [3.8, 4) is 0 Å². The summed E-state index contributed by atoms with van der Waals surface area (Å²) in [6.45, 7) is 16.4. The van der Waals surface area contributed by atoms with Gasteiger partial charge in [-0.25, -0.2) is 0 Å². The summed E-state index contributed by atoms with van der Waals surface area (Å²) in [7, 11) is 9.71. The fourth-order valence-electron chi connectivity index (χ4n) is 3.22. The Labute approximate surface area is 187 Å². The van der Waals surface area contributed by atoms with E-state index < -0.39 is 0 Å². The quantitative estimate of drug-likeness (QED) is 0.406. The van der Waals surface area contributed by atoms with Crippen LogP contribution in [0.5, 0.6) is 0 Å². The maximum atomic E-state index is 4.85. The minimum absolute atomic E-state index is 0.346. The van der Waals surface area contributed by atoms with Crippen LogP contribution < -0.4 is 0 Å². The predicted octanol–water partition coefficient (Wildman–Crippen LogP) is 6.83. The van der Waals surface area contributed by atoms with E-state index in [-0.39, 0.29) is 15.1 Å². The number of nitrogens with zero attached hydrogens (tertiary/aromatic N) is 2. The molecule has 0 amide bonds. The van der Waals surface area contributed by atoms with Crippen LogP contribution in [0.3, 0.4) is 0 Å². The molecule has 156 valence electrons. The average Bonchev–Trinajstić information content (AvgIpc) is 2.72. The maximum absolute atomic E-state index is 4.85. The molecule has 0 aromatic heterocycles. The zero-order valence-electron chi connectivity index (χ0n) is 17.8. The van der Waals surface area contributed by atoms with E-state index in [1.807, 2.05) is 12.4 Å². The molecule has 0 N–H and O–H groups in total. The molecule has 0 radical (unpaired) electrons. The van der Waals surface area contributed by atoms with E-state index in [0.29, 0.717) is 0 Å². The van der Waals surface area contributed by atoms with Gasteiger partial charge in [0.1, 0.15) is 0 Å². The molecule has 2 aromatic carbocycles. The molecule has 3 rings (SSSR count). The second-order valence-electron chi connectivity index (χ2n) is 7.13. The van der Waals surface area contributed by atoms with Crippen LogP contribution in [0.1, 0.15) is 45.4 Å². The third-order valence-electron chi connectivity index (χ3n) is 5.58. The van der Waals surface area contributed by atoms with E-state index in [2.05, 4.69) is 75.7 Å². The van der Waals surface area contributed by atoms with Crippen molar-refractivity contribution < 1.29 is 15.1 Å². The molecule has 0 saturated heterocycles. The van der Waals surface area contributed by atoms with Gasteiger partial charge in [0.15, 0.2) is 0 Å². The van der Waals surface area contributed by atoms with Gasteiger partial charge in [0, 0.05) is 19.6 Å². The number of hydrogen-bond acceptors (Lipinski definition) is 2. The van der Waals surface area contributed by atoms with Gasteiger partial charge in [-0.1, -0.05) is 30.3 Å². The Hall–Kier alpha value is -0.887. The molecule has 5 heteroatoms. The molecule has 1 aliphatic heterocycles. The van der Waals surface area contributed by atoms with Crippen molar-refractivity contribution in [1.82, 2.24) is 4.90 Å². The van der Waals surface area contributed by atoms with E-state index in [1.54, 1.807) is 0 Å². The van der Waals surface area contributed by atoms with Crippen LogP contribution in [0.15, 0.2) is 35.3 Å². The van der Waals surface area contributed by atoms with Crippen LogP contribution in [0.2, 0.25) is 0 Å². The van der Waals surface area contributed by atoms with Crippen LogP contribution in [-0.4, -0.2) is 24.3 Å². The summed E-state index contributed by atoms with van der Waals surface area (Å²) in [6.07, 6.45) is 3.15. The van der Waals surface area contributed by atoms with Gasteiger partial charge >= 0.3 is 34.5 Å². The Kier molecular flexibility index (Phi) is 12.0. The molecule has 0 unspecified atom stereocenters. The van der Waals surface area contributed by atoms with Crippen LogP contribution >= 0.6 is 19.4 Å². The van der Waals surface area contributed by atoms with Crippen LogP contribution in [0.4, 0.5) is 0 Å². The number of hydrogen-bond donors (Lipinski definition) is 0. The van der Waals surface area contributed by atoms with Crippen molar-refractivity contribution in [2.24, 2.45) is 4.99 Å². The summed E-state index contributed by atoms with van der Waals surface area (Å²) < 4.78 is 0. The number of halogens is 2. The fraction of sp³-hybridized carbons (Fsp3) is 0.435. The zero-order valence-corrected chi connectivity index (χ0v) is 21.0. The van der Waals surface area contributed by atoms with E-state index in [4.69, 9.17) is 19.4 Å². The van der Waals surface area contributed by atoms with Crippen molar-refractivity contribution >= 4 is 25.7 Å². The Bertz CT molecular complexity index is 656. The molecule has 0 fully saturated rings. The molecule has 2 nitrogen and oxygen atoms in total. The first-order valence-electron chi connectivity index (χ1n) is 9.50. The SMILES string of the molecule is C1=NCCCN1Cc1ccccc1.Cc1c(C)c(C)c(C)c(C)c1C.[Cl][Ru][Cl]. The summed E-state index contributed by atoms with van der Waals surface area (Å²) >= 11 is -0.346. The second-order valence-corrected chi connectivity index (χ2v) is 9.77. The summed E-state index contributed by atoms with van der Waals surface area (Å²) in [5.41, 5.74) is 10.1. The molecule has 1 aliphatic rings. The molecule has 0 bridgehead atoms. The van der Waals surface area contributed by atoms with Crippen molar-refractivity contribution in [1.29, 1.82) is 0 Å². The van der Waals surface area contributed by atoms with E-state index >= 15 is 0 Å². The molecule has 0 atom stereocenters. The first kappa shape index (κ1) is 25.2. The van der Waals surface area contributed by atoms with Gasteiger partial charge in [-0.2, -0.15) is 0 Å². The van der Waals surface area contributed by atoms with Crippen molar-refractivity contribution in [3.05, 3.63) is 69.3 Å². The summed E-state index contributed by atoms with van der Waals surface area (Å²) in [6, 6.07) is 10.5. The molecular weight excluding hydrogens is 476 g/mol. The molecular formula is C23H32Cl2N2Ru. The number of aliphatic imine (C=N–C) groups is 1. The first-order valence-corrected chi connectivity index (χ1v) is 14.0. The van der Waals surface area contributed by atoms with E-state index in [0.717, 1.165) is 19.6 Å². The average molecular weight is 508 g/mol. The number of rotatable bonds is 2. The minimum atomic E-state index is -0.346. The fourth-order valence-corrected chi connectivity index (χ4v) is 3.22. The van der Waals surface area contributed by atoms with Gasteiger partial charge in [-0.3, -0.25) is 4.99 Å². The molecule has 2 aromatic rings. The molecule has 0 aliphatic carbocycles. The van der Waals surface area contributed by atoms with Crippen molar-refractivity contribution in [2.45, 2.75) is 54.5 Å². The second kappa shape index (κ2) is 13.4. The third kappa shape index (κ3) is 7.86. The molecule has 28 heavy (non-hydrogen) atoms. The Balaban J connectivity index is 0.000000247. The first-order chi connectivity index (χ1) is 13.3. The van der Waals surface area contributed by atoms with Gasteiger partial charge in [0.2, 0.25) is 0 Å². The Morgan fingerprint density at radius 2 is 1.25 bits per heavy atom. The third-order valence-corrected chi connectivity index (χ3v) is 5.58. The summed E-state index contributed by atoms with van der Waals surface area (Å²) in [5, 5.41) is 0. The molecule has 1 heterocycles. The summed E-state index contributed by atoms with van der Waals surface area (Å²) in [5.74, 6) is 0. The standard InChI is InChI=1S/C12H18.C11H14N2.2ClH.Ru/c1-7-8(2)10(4)12(6)11(5)9(7)3;1-2-5-11(6-3-1)9-13-8-4-7-12-10-13;;;/h1-6H3;1-3,5-6,10H,4,7-9H2;2*1H;/q;;;;+2/p-2. The van der Waals surface area contributed by atoms with Gasteiger partial charge in [0.25, 0.3) is 0 Å². The Morgan fingerprint density at radius 3 is 1.61 bits per heavy atom. The zero-order chi connectivity index (χ0) is 21.1.